The zero-order valence-corrected chi connectivity index (χ0v) is 18.7. The second-order valence-corrected chi connectivity index (χ2v) is 9.34. The van der Waals surface area contributed by atoms with E-state index in [9.17, 15) is 4.79 Å². The maximum absolute atomic E-state index is 12.6. The molecule has 0 radical (unpaired) electrons. The van der Waals surface area contributed by atoms with Crippen LogP contribution in [0.3, 0.4) is 0 Å². The number of hydrogen-bond donors (Lipinski definition) is 0. The van der Waals surface area contributed by atoms with E-state index in [1.165, 1.54) is 11.8 Å². The van der Waals surface area contributed by atoms with E-state index in [1.807, 2.05) is 82.3 Å². The molecule has 1 heterocycles. The Morgan fingerprint density at radius 1 is 1.10 bits per heavy atom. The average molecular weight is 429 g/mol. The third-order valence-corrected chi connectivity index (χ3v) is 5.74. The second-order valence-electron chi connectivity index (χ2n) is 7.82. The number of rotatable bonds is 6. The first-order valence-corrected chi connectivity index (χ1v) is 10.7. The molecule has 0 fully saturated rings. The second kappa shape index (κ2) is 9.06. The van der Waals surface area contributed by atoms with Gasteiger partial charge in [0.1, 0.15) is 0 Å². The Bertz CT molecular complexity index is 977. The maximum Gasteiger partial charge on any atom is 0.312 e. The number of carbonyl (C=O) groups is 1. The van der Waals surface area contributed by atoms with E-state index in [-0.39, 0.29) is 11.5 Å². The Hall–Kier alpha value is -2.24. The van der Waals surface area contributed by atoms with Gasteiger partial charge in [0, 0.05) is 9.92 Å². The Morgan fingerprint density at radius 3 is 2.38 bits per heavy atom. The summed E-state index contributed by atoms with van der Waals surface area (Å²) in [7, 11) is 0. The molecule has 0 N–H and O–H groups in total. The minimum atomic E-state index is -0.321. The van der Waals surface area contributed by atoms with Crippen molar-refractivity contribution in [2.24, 2.45) is 0 Å². The van der Waals surface area contributed by atoms with E-state index in [4.69, 9.17) is 16.3 Å². The molecule has 0 aliphatic heterocycles. The summed E-state index contributed by atoms with van der Waals surface area (Å²) in [4.78, 5) is 14.5. The molecule has 6 heteroatoms. The third kappa shape index (κ3) is 5.64. The number of aryl methyl sites for hydroxylation is 2. The summed E-state index contributed by atoms with van der Waals surface area (Å²) in [6.45, 7) is 8.05. The summed E-state index contributed by atoms with van der Waals surface area (Å²) in [5.41, 5.74) is 1.62. The highest BCUT2D eigenvalue weighted by Gasteiger charge is 2.27. The number of halogens is 1. The molecular weight excluding hydrogens is 404 g/mol. The molecule has 152 valence electrons. The monoisotopic (exact) mass is 428 g/mol. The number of ether oxygens (including phenoxy) is 1. The van der Waals surface area contributed by atoms with Crippen LogP contribution >= 0.6 is 23.4 Å². The summed E-state index contributed by atoms with van der Waals surface area (Å²) in [5.74, 6) is 0.227. The van der Waals surface area contributed by atoms with Crippen LogP contribution in [0.5, 0.6) is 5.88 Å². The maximum atomic E-state index is 12.6. The molecule has 0 spiro atoms. The molecule has 3 aromatic rings. The van der Waals surface area contributed by atoms with Gasteiger partial charge in [0.2, 0.25) is 5.88 Å². The van der Waals surface area contributed by atoms with Crippen molar-refractivity contribution in [1.29, 1.82) is 0 Å². The van der Waals surface area contributed by atoms with Crippen molar-refractivity contribution in [2.75, 3.05) is 0 Å². The van der Waals surface area contributed by atoms with Crippen LogP contribution in [-0.2, 0) is 16.8 Å². The number of esters is 1. The highest BCUT2D eigenvalue weighted by molar-refractivity contribution is 7.99. The summed E-state index contributed by atoms with van der Waals surface area (Å²) >= 11 is 7.52. The van der Waals surface area contributed by atoms with Gasteiger partial charge in [-0.25, -0.2) is 4.68 Å². The quantitative estimate of drug-likeness (QED) is 0.433. The minimum Gasteiger partial charge on any atom is -0.406 e. The molecule has 0 atom stereocenters. The van der Waals surface area contributed by atoms with Gasteiger partial charge in [0.25, 0.3) is 0 Å². The molecule has 4 nitrogen and oxygen atoms in total. The first kappa shape index (κ1) is 21.5. The zero-order valence-electron chi connectivity index (χ0n) is 17.1. The van der Waals surface area contributed by atoms with Gasteiger partial charge in [-0.2, -0.15) is 5.10 Å². The number of aromatic nitrogens is 2. The van der Waals surface area contributed by atoms with E-state index in [1.54, 1.807) is 4.68 Å². The van der Waals surface area contributed by atoms with Crippen molar-refractivity contribution in [3.05, 3.63) is 70.9 Å². The molecule has 0 aliphatic carbocycles. The molecule has 0 bridgehead atoms. The van der Waals surface area contributed by atoms with Gasteiger partial charge in [-0.3, -0.25) is 4.79 Å². The fourth-order valence-electron chi connectivity index (χ4n) is 2.82. The van der Waals surface area contributed by atoms with Crippen LogP contribution in [0, 0.1) is 6.92 Å². The SMILES string of the molecule is Cc1nn(C(C)(C)C)c(OC(=O)CCc2ccccc2)c1Sc1ccc(Cl)cc1. The number of nitrogens with zero attached hydrogens (tertiary/aromatic N) is 2. The summed E-state index contributed by atoms with van der Waals surface area (Å²) in [6, 6.07) is 17.5. The van der Waals surface area contributed by atoms with Gasteiger partial charge >= 0.3 is 5.97 Å². The molecule has 0 unspecified atom stereocenters. The summed E-state index contributed by atoms with van der Waals surface area (Å²) in [6.07, 6.45) is 0.950. The summed E-state index contributed by atoms with van der Waals surface area (Å²) < 4.78 is 7.65. The number of hydrogen-bond acceptors (Lipinski definition) is 4. The Labute approximate surface area is 181 Å². The molecular formula is C23H25ClN2O2S. The van der Waals surface area contributed by atoms with Crippen molar-refractivity contribution in [3.8, 4) is 5.88 Å². The number of carbonyl (C=O) groups excluding carboxylic acids is 1. The largest absolute Gasteiger partial charge is 0.406 e. The van der Waals surface area contributed by atoms with Gasteiger partial charge in [-0.05, 0) is 63.9 Å². The van der Waals surface area contributed by atoms with Gasteiger partial charge in [-0.15, -0.1) is 0 Å². The first-order chi connectivity index (χ1) is 13.7. The lowest BCUT2D eigenvalue weighted by molar-refractivity contribution is -0.135. The predicted molar refractivity (Wildman–Crippen MR) is 118 cm³/mol. The number of benzene rings is 2. The lowest BCUT2D eigenvalue weighted by Gasteiger charge is -2.22. The van der Waals surface area contributed by atoms with Crippen molar-refractivity contribution < 1.29 is 9.53 Å². The van der Waals surface area contributed by atoms with E-state index >= 15 is 0 Å². The van der Waals surface area contributed by atoms with Crippen LogP contribution in [0.2, 0.25) is 5.02 Å². The first-order valence-electron chi connectivity index (χ1n) is 9.52. The fourth-order valence-corrected chi connectivity index (χ4v) is 3.86. The zero-order chi connectivity index (χ0) is 21.0. The van der Waals surface area contributed by atoms with Crippen molar-refractivity contribution >= 4 is 29.3 Å². The molecule has 29 heavy (non-hydrogen) atoms. The van der Waals surface area contributed by atoms with Crippen molar-refractivity contribution in [3.63, 3.8) is 0 Å². The normalized spacial score (nSPS) is 11.5. The van der Waals surface area contributed by atoms with Crippen LogP contribution in [0.4, 0.5) is 0 Å². The Morgan fingerprint density at radius 2 is 1.76 bits per heavy atom. The summed E-state index contributed by atoms with van der Waals surface area (Å²) in [5, 5.41) is 5.34. The van der Waals surface area contributed by atoms with Crippen molar-refractivity contribution in [1.82, 2.24) is 9.78 Å². The van der Waals surface area contributed by atoms with Gasteiger partial charge in [0.15, 0.2) is 0 Å². The fraction of sp³-hybridized carbons (Fsp3) is 0.304. The molecule has 0 amide bonds. The van der Waals surface area contributed by atoms with Crippen LogP contribution in [-0.4, -0.2) is 15.7 Å². The van der Waals surface area contributed by atoms with Gasteiger partial charge < -0.3 is 4.74 Å². The van der Waals surface area contributed by atoms with Crippen molar-refractivity contribution in [2.45, 2.75) is 55.9 Å². The van der Waals surface area contributed by atoms with Gasteiger partial charge in [0.05, 0.1) is 22.5 Å². The molecule has 1 aromatic heterocycles. The lowest BCUT2D eigenvalue weighted by atomic mass is 10.1. The van der Waals surface area contributed by atoms with Crippen LogP contribution in [0.1, 0.15) is 38.4 Å². The average Bonchev–Trinajstić information content (AvgIpc) is 2.99. The van der Waals surface area contributed by atoms with Gasteiger partial charge in [-0.1, -0.05) is 53.7 Å². The molecule has 2 aromatic carbocycles. The Kier molecular flexibility index (Phi) is 6.70. The smallest absolute Gasteiger partial charge is 0.312 e. The van der Waals surface area contributed by atoms with E-state index in [2.05, 4.69) is 5.10 Å². The topological polar surface area (TPSA) is 44.1 Å². The minimum absolute atomic E-state index is 0.266. The van der Waals surface area contributed by atoms with E-state index in [0.717, 1.165) is 21.0 Å². The predicted octanol–water partition coefficient (Wildman–Crippen LogP) is 6.29. The van der Waals surface area contributed by atoms with E-state index in [0.29, 0.717) is 23.7 Å². The molecule has 0 saturated heterocycles. The third-order valence-electron chi connectivity index (χ3n) is 4.31. The molecule has 0 aliphatic rings. The van der Waals surface area contributed by atoms with Crippen LogP contribution < -0.4 is 4.74 Å². The highest BCUT2D eigenvalue weighted by atomic mass is 35.5. The van der Waals surface area contributed by atoms with Crippen LogP contribution in [0.25, 0.3) is 0 Å². The highest BCUT2D eigenvalue weighted by Crippen LogP contribution is 2.40. The molecule has 0 saturated carbocycles. The van der Waals surface area contributed by atoms with Crippen LogP contribution in [0.15, 0.2) is 64.4 Å². The lowest BCUT2D eigenvalue weighted by Crippen LogP contribution is -2.25. The Balaban J connectivity index is 1.84. The molecule has 3 rings (SSSR count). The standard InChI is InChI=1S/C23H25ClN2O2S/c1-16-21(29-19-13-11-18(24)12-14-19)22(26(25-16)23(2,3)4)28-20(27)15-10-17-8-6-5-7-9-17/h5-9,11-14H,10,15H2,1-4H3. The van der Waals surface area contributed by atoms with E-state index < -0.39 is 0 Å².